The molecule has 0 radical (unpaired) electrons. The number of rotatable bonds is 5. The molecule has 1 aromatic heterocycles. The van der Waals surface area contributed by atoms with Crippen LogP contribution < -0.4 is 9.47 Å². The van der Waals surface area contributed by atoms with Crippen LogP contribution in [0, 0.1) is 5.21 Å². The minimum atomic E-state index is -0.869. The Hall–Kier alpha value is -3.68. The maximum absolute atomic E-state index is 12.6. The van der Waals surface area contributed by atoms with Crippen molar-refractivity contribution >= 4 is 23.0 Å². The predicted molar refractivity (Wildman–Crippen MR) is 94.2 cm³/mol. The summed E-state index contributed by atoms with van der Waals surface area (Å²) in [6.07, 6.45) is 0. The topological polar surface area (TPSA) is 102 Å². The summed E-state index contributed by atoms with van der Waals surface area (Å²) in [5.74, 6) is -1.19. The minimum absolute atomic E-state index is 0.00111. The Morgan fingerprint density at radius 2 is 1.74 bits per heavy atom. The van der Waals surface area contributed by atoms with Gasteiger partial charge < -0.3 is 19.4 Å². The van der Waals surface area contributed by atoms with Gasteiger partial charge >= 0.3 is 17.6 Å². The second kappa shape index (κ2) is 7.69. The molecule has 3 aromatic rings. The van der Waals surface area contributed by atoms with Gasteiger partial charge in [0.15, 0.2) is 5.69 Å². The molecule has 0 saturated carbocycles. The minimum Gasteiger partial charge on any atom is -0.618 e. The summed E-state index contributed by atoms with van der Waals surface area (Å²) >= 11 is 0. The smallest absolute Gasteiger partial charge is 0.406 e. The second-order valence-corrected chi connectivity index (χ2v) is 5.46. The van der Waals surface area contributed by atoms with Crippen molar-refractivity contribution in [2.24, 2.45) is 0 Å². The van der Waals surface area contributed by atoms with Gasteiger partial charge in [-0.3, -0.25) is 0 Å². The third-order valence-corrected chi connectivity index (χ3v) is 3.88. The van der Waals surface area contributed by atoms with E-state index in [0.29, 0.717) is 16.0 Å². The lowest BCUT2D eigenvalue weighted by Gasteiger charge is -2.11. The molecule has 0 aliphatic heterocycles. The lowest BCUT2D eigenvalue weighted by Crippen LogP contribution is -2.38. The van der Waals surface area contributed by atoms with Crippen LogP contribution in [0.15, 0.2) is 48.5 Å². The summed E-state index contributed by atoms with van der Waals surface area (Å²) in [6.45, 7) is -0.381. The van der Waals surface area contributed by atoms with E-state index in [1.165, 1.54) is 13.2 Å². The number of fused-ring (bicyclic) bond motifs is 1. The van der Waals surface area contributed by atoms with Crippen LogP contribution in [0.4, 0.5) is 0 Å². The van der Waals surface area contributed by atoms with E-state index in [-0.39, 0.29) is 29.1 Å². The molecular weight excluding hydrogens is 352 g/mol. The van der Waals surface area contributed by atoms with Gasteiger partial charge in [-0.05, 0) is 18.2 Å². The van der Waals surface area contributed by atoms with Crippen LogP contribution in [-0.2, 0) is 16.1 Å². The van der Waals surface area contributed by atoms with E-state index < -0.39 is 11.9 Å². The molecule has 0 spiro atoms. The standard InChI is InChI=1S/C19H16N2O6/c1-25-16-10-6-3-7-12(16)18(22)27-11-14-17(19(23)26-2)21(24)15-9-5-4-8-13(15)20-14/h3-10H,11H2,1-2H3. The predicted octanol–water partition coefficient (Wildman–Crippen LogP) is 2.02. The van der Waals surface area contributed by atoms with Gasteiger partial charge in [-0.2, -0.15) is 4.73 Å². The molecule has 27 heavy (non-hydrogen) atoms. The summed E-state index contributed by atoms with van der Waals surface area (Å²) in [5.41, 5.74) is 0.458. The molecule has 0 unspecified atom stereocenters. The van der Waals surface area contributed by atoms with E-state index in [1.54, 1.807) is 42.5 Å². The number of para-hydroxylation sites is 3. The second-order valence-electron chi connectivity index (χ2n) is 5.46. The monoisotopic (exact) mass is 368 g/mol. The van der Waals surface area contributed by atoms with Crippen molar-refractivity contribution in [2.45, 2.75) is 6.61 Å². The molecule has 0 aliphatic rings. The van der Waals surface area contributed by atoms with E-state index >= 15 is 0 Å². The van der Waals surface area contributed by atoms with E-state index in [4.69, 9.17) is 9.47 Å². The molecule has 8 heteroatoms. The van der Waals surface area contributed by atoms with E-state index in [9.17, 15) is 14.8 Å². The van der Waals surface area contributed by atoms with Crippen LogP contribution in [0.5, 0.6) is 5.75 Å². The first-order valence-corrected chi connectivity index (χ1v) is 7.96. The summed E-state index contributed by atoms with van der Waals surface area (Å²) in [4.78, 5) is 28.7. The molecule has 0 N–H and O–H groups in total. The first-order chi connectivity index (χ1) is 13.1. The van der Waals surface area contributed by atoms with Crippen molar-refractivity contribution in [3.63, 3.8) is 0 Å². The molecule has 0 bridgehead atoms. The highest BCUT2D eigenvalue weighted by Gasteiger charge is 2.28. The number of aromatic nitrogens is 2. The Labute approximate surface area is 154 Å². The molecule has 0 amide bonds. The number of methoxy groups -OCH3 is 2. The Morgan fingerprint density at radius 3 is 2.48 bits per heavy atom. The highest BCUT2D eigenvalue weighted by molar-refractivity contribution is 5.93. The zero-order chi connectivity index (χ0) is 19.4. The zero-order valence-electron chi connectivity index (χ0n) is 14.7. The fraction of sp³-hybridized carbons (Fsp3) is 0.158. The molecule has 0 atom stereocenters. The maximum Gasteiger partial charge on any atom is 0.406 e. The molecule has 138 valence electrons. The zero-order valence-corrected chi connectivity index (χ0v) is 14.7. The Morgan fingerprint density at radius 1 is 1.04 bits per heavy atom. The number of hydrogen-bond donors (Lipinski definition) is 0. The quantitative estimate of drug-likeness (QED) is 0.386. The van der Waals surface area contributed by atoms with Gasteiger partial charge in [-0.25, -0.2) is 14.6 Å². The van der Waals surface area contributed by atoms with Crippen LogP contribution in [0.2, 0.25) is 0 Å². The molecular formula is C19H16N2O6. The summed E-state index contributed by atoms with van der Waals surface area (Å²) in [7, 11) is 2.59. The van der Waals surface area contributed by atoms with Gasteiger partial charge in [-0.15, -0.1) is 0 Å². The summed E-state index contributed by atoms with van der Waals surface area (Å²) in [6, 6.07) is 13.1. The van der Waals surface area contributed by atoms with E-state index in [2.05, 4.69) is 9.72 Å². The lowest BCUT2D eigenvalue weighted by molar-refractivity contribution is -0.581. The number of ether oxygens (including phenoxy) is 3. The van der Waals surface area contributed by atoms with Gasteiger partial charge in [0.1, 0.15) is 23.4 Å². The maximum atomic E-state index is 12.6. The van der Waals surface area contributed by atoms with E-state index in [1.807, 2.05) is 0 Å². The van der Waals surface area contributed by atoms with Gasteiger partial charge in [0.05, 0.1) is 14.2 Å². The SMILES string of the molecule is COC(=O)c1c(COC(=O)c2ccccc2OC)nc2ccccc2[n+]1[O-]. The fourth-order valence-electron chi connectivity index (χ4n) is 2.59. The van der Waals surface area contributed by atoms with Gasteiger partial charge in [0, 0.05) is 6.07 Å². The highest BCUT2D eigenvalue weighted by Crippen LogP contribution is 2.19. The van der Waals surface area contributed by atoms with Gasteiger partial charge in [0.2, 0.25) is 5.52 Å². The van der Waals surface area contributed by atoms with E-state index in [0.717, 1.165) is 7.11 Å². The number of esters is 2. The number of nitrogens with zero attached hydrogens (tertiary/aromatic N) is 2. The summed E-state index contributed by atoms with van der Waals surface area (Å²) in [5, 5.41) is 12.6. The normalized spacial score (nSPS) is 10.4. The lowest BCUT2D eigenvalue weighted by atomic mass is 10.2. The average molecular weight is 368 g/mol. The first-order valence-electron chi connectivity index (χ1n) is 7.96. The number of benzene rings is 2. The average Bonchev–Trinajstić information content (AvgIpc) is 2.71. The largest absolute Gasteiger partial charge is 0.618 e. The number of carbonyl (C=O) groups is 2. The molecule has 0 saturated heterocycles. The van der Waals surface area contributed by atoms with Crippen LogP contribution in [-0.4, -0.2) is 31.1 Å². The summed E-state index contributed by atoms with van der Waals surface area (Å²) < 4.78 is 15.5. The Kier molecular flexibility index (Phi) is 5.16. The molecule has 3 rings (SSSR count). The fourth-order valence-corrected chi connectivity index (χ4v) is 2.59. The van der Waals surface area contributed by atoms with Crippen molar-refractivity contribution < 1.29 is 28.5 Å². The third-order valence-electron chi connectivity index (χ3n) is 3.88. The molecule has 8 nitrogen and oxygen atoms in total. The molecule has 0 aliphatic carbocycles. The first kappa shape index (κ1) is 18.1. The number of hydrogen-bond acceptors (Lipinski definition) is 7. The van der Waals surface area contributed by atoms with Gasteiger partial charge in [0.25, 0.3) is 0 Å². The number of carbonyl (C=O) groups excluding carboxylic acids is 2. The van der Waals surface area contributed by atoms with Crippen LogP contribution in [0.3, 0.4) is 0 Å². The Balaban J connectivity index is 1.96. The van der Waals surface area contributed by atoms with Crippen molar-refractivity contribution in [1.82, 2.24) is 4.98 Å². The molecule has 0 fully saturated rings. The van der Waals surface area contributed by atoms with Crippen LogP contribution in [0.25, 0.3) is 11.0 Å². The van der Waals surface area contributed by atoms with Crippen molar-refractivity contribution in [1.29, 1.82) is 0 Å². The highest BCUT2D eigenvalue weighted by atomic mass is 16.5. The van der Waals surface area contributed by atoms with Crippen LogP contribution in [0.1, 0.15) is 26.5 Å². The van der Waals surface area contributed by atoms with Crippen LogP contribution >= 0.6 is 0 Å². The third kappa shape index (κ3) is 3.50. The Bertz CT molecular complexity index is 1020. The van der Waals surface area contributed by atoms with Crippen molar-refractivity contribution in [3.8, 4) is 5.75 Å². The van der Waals surface area contributed by atoms with Crippen molar-refractivity contribution in [3.05, 3.63) is 70.7 Å². The van der Waals surface area contributed by atoms with Crippen molar-refractivity contribution in [2.75, 3.05) is 14.2 Å². The molecule has 1 heterocycles. The molecule has 2 aromatic carbocycles. The van der Waals surface area contributed by atoms with Gasteiger partial charge in [-0.1, -0.05) is 24.3 Å².